The van der Waals surface area contributed by atoms with E-state index in [9.17, 15) is 22.4 Å². The standard InChI is InChI=1S/C35H46FN5O.C2HF3O2/c1-25-20-39(15-14-37-25)22-29-8-6-10-31(16-29)33-18-28(12-13-34(33)36)19-38-35(42)32-11-7-9-30(17-32)23-40-21-27(3)41(4,5)24-26(40)2;3-2(4,5)1(6)7/h6-13,16-18,25-27,37H,14-15,19-24H2,1-5H3;(H,6,7)/t25-,26-,27+;/m0./s1. The number of halogens is 4. The zero-order chi connectivity index (χ0) is 35.9. The molecule has 0 unspecified atom stereocenters. The van der Waals surface area contributed by atoms with Crippen LogP contribution in [-0.4, -0.2) is 97.3 Å². The molecule has 2 fully saturated rings. The minimum atomic E-state index is -5.19. The van der Waals surface area contributed by atoms with E-state index in [0.29, 0.717) is 35.8 Å². The summed E-state index contributed by atoms with van der Waals surface area (Å²) >= 11 is 0. The Bertz CT molecular complexity index is 1600. The Kier molecular flexibility index (Phi) is 12.6. The Balaban J connectivity index is 0.000000698. The number of hydrogen-bond acceptors (Lipinski definition) is 6. The van der Waals surface area contributed by atoms with Gasteiger partial charge in [0.15, 0.2) is 0 Å². The number of aliphatic carboxylic acids is 1. The third-order valence-corrected chi connectivity index (χ3v) is 9.44. The fourth-order valence-electron chi connectivity index (χ4n) is 6.42. The number of carbonyl (C=O) groups excluding carboxylic acids is 2. The van der Waals surface area contributed by atoms with Gasteiger partial charge >= 0.3 is 6.18 Å². The summed E-state index contributed by atoms with van der Waals surface area (Å²) < 4.78 is 47.6. The number of alkyl halides is 3. The number of nitrogens with zero attached hydrogens (tertiary/aromatic N) is 3. The zero-order valence-electron chi connectivity index (χ0n) is 28.8. The van der Waals surface area contributed by atoms with Gasteiger partial charge in [-0.3, -0.25) is 14.6 Å². The van der Waals surface area contributed by atoms with Crippen molar-refractivity contribution in [2.75, 3.05) is 46.8 Å². The fraction of sp³-hybridized carbons (Fsp3) is 0.459. The molecular formula is C37H47F4N5O3. The molecule has 49 heavy (non-hydrogen) atoms. The molecular weight excluding hydrogens is 638 g/mol. The number of carboxylic acids is 1. The van der Waals surface area contributed by atoms with Crippen LogP contribution in [0.5, 0.6) is 0 Å². The van der Waals surface area contributed by atoms with Crippen LogP contribution in [0, 0.1) is 5.82 Å². The van der Waals surface area contributed by atoms with Crippen LogP contribution in [0.1, 0.15) is 47.8 Å². The lowest BCUT2D eigenvalue weighted by Crippen LogP contribution is -2.63. The van der Waals surface area contributed by atoms with Crippen LogP contribution in [-0.2, 0) is 24.4 Å². The monoisotopic (exact) mass is 685 g/mol. The molecule has 3 aromatic carbocycles. The van der Waals surface area contributed by atoms with Gasteiger partial charge < -0.3 is 25.0 Å². The first-order valence-corrected chi connectivity index (χ1v) is 16.6. The number of piperazine rings is 2. The first-order chi connectivity index (χ1) is 23.0. The third kappa shape index (κ3) is 10.8. The number of carboxylic acid groups (broad SMARTS) is 1. The molecule has 2 heterocycles. The summed E-state index contributed by atoms with van der Waals surface area (Å²) in [6.45, 7) is 14.0. The van der Waals surface area contributed by atoms with Crippen molar-refractivity contribution in [1.29, 1.82) is 0 Å². The number of amides is 1. The predicted octanol–water partition coefficient (Wildman–Crippen LogP) is 4.18. The largest absolute Gasteiger partial charge is 0.542 e. The van der Waals surface area contributed by atoms with Crippen LogP contribution in [0.2, 0.25) is 0 Å². The number of quaternary nitrogens is 1. The number of nitrogens with one attached hydrogen (secondary N) is 2. The number of hydrogen-bond donors (Lipinski definition) is 2. The second-order valence-corrected chi connectivity index (χ2v) is 13.9. The van der Waals surface area contributed by atoms with E-state index < -0.39 is 12.1 Å². The highest BCUT2D eigenvalue weighted by Gasteiger charge is 2.36. The number of rotatable bonds is 8. The smallest absolute Gasteiger partial charge is 0.430 e. The van der Waals surface area contributed by atoms with E-state index in [1.54, 1.807) is 6.07 Å². The average Bonchev–Trinajstić information content (AvgIpc) is 3.03. The molecule has 0 aliphatic carbocycles. The summed E-state index contributed by atoms with van der Waals surface area (Å²) in [6.07, 6.45) is -5.19. The normalized spacial score (nSPS) is 21.4. The molecule has 2 saturated heterocycles. The van der Waals surface area contributed by atoms with Gasteiger partial charge in [-0.15, -0.1) is 0 Å². The molecule has 5 rings (SSSR count). The van der Waals surface area contributed by atoms with Crippen LogP contribution in [0.15, 0.2) is 66.7 Å². The van der Waals surface area contributed by atoms with Gasteiger partial charge in [-0.05, 0) is 73.4 Å². The topological polar surface area (TPSA) is 87.7 Å². The van der Waals surface area contributed by atoms with Gasteiger partial charge in [0.1, 0.15) is 11.8 Å². The molecule has 2 aliphatic heterocycles. The highest BCUT2D eigenvalue weighted by Crippen LogP contribution is 2.26. The SMILES string of the molecule is C[C@@H]1CN(Cc2cccc(C(=O)NCc3ccc(F)c(-c4cccc(CN5CCN[C@@H](C)C5)c4)c3)c2)[C@@H](C)C[N+]1(C)C.O=C([O-])C(F)(F)F. The van der Waals surface area contributed by atoms with Crippen molar-refractivity contribution in [1.82, 2.24) is 20.4 Å². The molecule has 2 N–H and O–H groups in total. The van der Waals surface area contributed by atoms with E-state index in [1.165, 1.54) is 11.6 Å². The first-order valence-electron chi connectivity index (χ1n) is 16.6. The molecule has 266 valence electrons. The van der Waals surface area contributed by atoms with Crippen molar-refractivity contribution in [2.24, 2.45) is 0 Å². The van der Waals surface area contributed by atoms with Crippen LogP contribution >= 0.6 is 0 Å². The first kappa shape index (κ1) is 38.0. The maximum absolute atomic E-state index is 15.0. The van der Waals surface area contributed by atoms with E-state index in [0.717, 1.165) is 67.0 Å². The van der Waals surface area contributed by atoms with Gasteiger partial charge in [0.05, 0.1) is 39.3 Å². The van der Waals surface area contributed by atoms with Gasteiger partial charge in [-0.25, -0.2) is 4.39 Å². The maximum atomic E-state index is 15.0. The van der Waals surface area contributed by atoms with Crippen LogP contribution < -0.4 is 15.7 Å². The highest BCUT2D eigenvalue weighted by atomic mass is 19.4. The number of likely N-dealkylation sites (N-methyl/N-ethyl adjacent to an activating group) is 1. The predicted molar refractivity (Wildman–Crippen MR) is 180 cm³/mol. The lowest BCUT2D eigenvalue weighted by molar-refractivity contribution is -0.920. The zero-order valence-corrected chi connectivity index (χ0v) is 28.8. The molecule has 0 radical (unpaired) electrons. The van der Waals surface area contributed by atoms with Gasteiger partial charge in [-0.1, -0.05) is 36.4 Å². The molecule has 8 nitrogen and oxygen atoms in total. The molecule has 0 bridgehead atoms. The minimum absolute atomic E-state index is 0.118. The summed E-state index contributed by atoms with van der Waals surface area (Å²) in [5, 5.41) is 15.3. The van der Waals surface area contributed by atoms with Crippen molar-refractivity contribution in [3.05, 3.63) is 94.8 Å². The summed E-state index contributed by atoms with van der Waals surface area (Å²) in [7, 11) is 4.61. The Labute approximate surface area is 286 Å². The highest BCUT2D eigenvalue weighted by molar-refractivity contribution is 5.94. The van der Waals surface area contributed by atoms with Gasteiger partial charge in [0.25, 0.3) is 5.91 Å². The third-order valence-electron chi connectivity index (χ3n) is 9.44. The van der Waals surface area contributed by atoms with Crippen LogP contribution in [0.3, 0.4) is 0 Å². The minimum Gasteiger partial charge on any atom is -0.542 e. The van der Waals surface area contributed by atoms with Crippen molar-refractivity contribution in [3.8, 4) is 11.1 Å². The molecule has 0 spiro atoms. The van der Waals surface area contributed by atoms with E-state index in [1.807, 2.05) is 36.4 Å². The molecule has 1 amide bonds. The van der Waals surface area contributed by atoms with Gasteiger partial charge in [0.2, 0.25) is 0 Å². The number of carbonyl (C=O) groups is 2. The van der Waals surface area contributed by atoms with E-state index in [4.69, 9.17) is 9.90 Å². The van der Waals surface area contributed by atoms with E-state index in [2.05, 4.69) is 73.5 Å². The Morgan fingerprint density at radius 3 is 2.29 bits per heavy atom. The average molecular weight is 686 g/mol. The molecule has 12 heteroatoms. The second-order valence-electron chi connectivity index (χ2n) is 13.9. The van der Waals surface area contributed by atoms with Crippen LogP contribution in [0.4, 0.5) is 17.6 Å². The van der Waals surface area contributed by atoms with E-state index in [-0.39, 0.29) is 11.7 Å². The molecule has 0 saturated carbocycles. The Morgan fingerprint density at radius 1 is 0.939 bits per heavy atom. The van der Waals surface area contributed by atoms with Crippen molar-refractivity contribution >= 4 is 11.9 Å². The summed E-state index contributed by atoms with van der Waals surface area (Å²) in [4.78, 5) is 26.9. The quantitative estimate of drug-likeness (QED) is 0.274. The molecule has 3 atom stereocenters. The Hall–Kier alpha value is -3.84. The Morgan fingerprint density at radius 2 is 1.61 bits per heavy atom. The lowest BCUT2D eigenvalue weighted by atomic mass is 10.00. The maximum Gasteiger partial charge on any atom is 0.430 e. The summed E-state index contributed by atoms with van der Waals surface area (Å²) in [5.41, 5.74) is 5.26. The van der Waals surface area contributed by atoms with Crippen molar-refractivity contribution < 1.29 is 36.7 Å². The molecule has 0 aromatic heterocycles. The van der Waals surface area contributed by atoms with Crippen molar-refractivity contribution in [3.63, 3.8) is 0 Å². The number of benzene rings is 3. The van der Waals surface area contributed by atoms with Crippen LogP contribution in [0.25, 0.3) is 11.1 Å². The fourth-order valence-corrected chi connectivity index (χ4v) is 6.42. The van der Waals surface area contributed by atoms with Crippen molar-refractivity contribution in [2.45, 2.75) is 64.7 Å². The summed E-state index contributed by atoms with van der Waals surface area (Å²) in [6, 6.07) is 22.7. The van der Waals surface area contributed by atoms with Gasteiger partial charge in [0, 0.05) is 56.4 Å². The molecule has 2 aliphatic rings. The van der Waals surface area contributed by atoms with E-state index >= 15 is 0 Å². The molecule has 3 aromatic rings. The summed E-state index contributed by atoms with van der Waals surface area (Å²) in [5.74, 6) is -3.38. The lowest BCUT2D eigenvalue weighted by Gasteiger charge is -2.47. The van der Waals surface area contributed by atoms with Gasteiger partial charge in [-0.2, -0.15) is 13.2 Å². The second kappa shape index (κ2) is 16.2.